The van der Waals surface area contributed by atoms with Crippen molar-refractivity contribution in [2.24, 2.45) is 11.8 Å². The van der Waals surface area contributed by atoms with Crippen molar-refractivity contribution in [2.75, 3.05) is 25.0 Å². The number of aromatic nitrogens is 4. The Kier molecular flexibility index (Phi) is 6.07. The van der Waals surface area contributed by atoms with Crippen molar-refractivity contribution in [3.05, 3.63) is 35.7 Å². The number of piperidine rings is 1. The van der Waals surface area contributed by atoms with Gasteiger partial charge in [-0.2, -0.15) is 0 Å². The Bertz CT molecular complexity index is 1180. The molecular formula is C24H30FN7O. The van der Waals surface area contributed by atoms with E-state index in [1.54, 1.807) is 12.3 Å². The van der Waals surface area contributed by atoms with Gasteiger partial charge in [0.2, 0.25) is 5.91 Å². The summed E-state index contributed by atoms with van der Waals surface area (Å²) in [6.45, 7) is 8.10. The molecular weight excluding hydrogens is 421 g/mol. The molecule has 3 N–H and O–H groups in total. The number of amides is 1. The molecule has 0 unspecified atom stereocenters. The minimum Gasteiger partial charge on any atom is -0.324 e. The van der Waals surface area contributed by atoms with Gasteiger partial charge in [0.1, 0.15) is 17.5 Å². The van der Waals surface area contributed by atoms with E-state index in [9.17, 15) is 4.79 Å². The van der Waals surface area contributed by atoms with Crippen LogP contribution in [0.15, 0.2) is 18.5 Å². The Labute approximate surface area is 192 Å². The third kappa shape index (κ3) is 4.35. The minimum absolute atomic E-state index is 0.0376. The van der Waals surface area contributed by atoms with Crippen LogP contribution >= 0.6 is 0 Å². The standard InChI is InChI=1S/C24H30FN7O/c1-14(2)9-16-22(25)17-11-28-20(31-24(33)15-3-5-26-6-4-15)10-18(17)30-23(16)19-12-29-21-13-27-7-8-32(19)21/h10-12,14-15,26-27H,3-9,13H2,1-2H3,(H,28,31,33). The highest BCUT2D eigenvalue weighted by molar-refractivity contribution is 5.94. The Hall–Kier alpha value is -2.91. The van der Waals surface area contributed by atoms with Gasteiger partial charge in [-0.25, -0.2) is 19.3 Å². The summed E-state index contributed by atoms with van der Waals surface area (Å²) in [5.74, 6) is 1.22. The smallest absolute Gasteiger partial charge is 0.228 e. The van der Waals surface area contributed by atoms with E-state index in [0.29, 0.717) is 40.9 Å². The highest BCUT2D eigenvalue weighted by Crippen LogP contribution is 2.32. The van der Waals surface area contributed by atoms with Gasteiger partial charge in [-0.1, -0.05) is 13.8 Å². The van der Waals surface area contributed by atoms with Crippen molar-refractivity contribution in [1.82, 2.24) is 30.2 Å². The Morgan fingerprint density at radius 3 is 2.82 bits per heavy atom. The first-order valence-corrected chi connectivity index (χ1v) is 11.8. The number of fused-ring (bicyclic) bond motifs is 2. The molecule has 3 aromatic rings. The highest BCUT2D eigenvalue weighted by atomic mass is 19.1. The number of rotatable bonds is 5. The number of pyridine rings is 2. The number of hydrogen-bond acceptors (Lipinski definition) is 6. The Morgan fingerprint density at radius 2 is 2.03 bits per heavy atom. The van der Waals surface area contributed by atoms with E-state index in [4.69, 9.17) is 4.98 Å². The van der Waals surface area contributed by atoms with Crippen molar-refractivity contribution in [2.45, 2.75) is 46.2 Å². The lowest BCUT2D eigenvalue weighted by atomic mass is 9.97. The van der Waals surface area contributed by atoms with E-state index in [2.05, 4.69) is 44.3 Å². The number of anilines is 1. The lowest BCUT2D eigenvalue weighted by Gasteiger charge is -2.21. The summed E-state index contributed by atoms with van der Waals surface area (Å²) in [6.07, 6.45) is 5.45. The summed E-state index contributed by atoms with van der Waals surface area (Å²) in [6, 6.07) is 1.68. The van der Waals surface area contributed by atoms with Gasteiger partial charge < -0.3 is 20.5 Å². The molecule has 0 bridgehead atoms. The van der Waals surface area contributed by atoms with Gasteiger partial charge in [-0.3, -0.25) is 4.79 Å². The maximum Gasteiger partial charge on any atom is 0.228 e. The summed E-state index contributed by atoms with van der Waals surface area (Å²) in [4.78, 5) is 26.4. The first kappa shape index (κ1) is 21.9. The van der Waals surface area contributed by atoms with Crippen LogP contribution in [-0.4, -0.2) is 45.1 Å². The molecule has 8 nitrogen and oxygen atoms in total. The molecule has 0 spiro atoms. The molecule has 0 radical (unpaired) electrons. The molecule has 5 rings (SSSR count). The maximum atomic E-state index is 15.8. The van der Waals surface area contributed by atoms with Gasteiger partial charge in [0.25, 0.3) is 0 Å². The molecule has 2 aliphatic rings. The molecule has 3 aromatic heterocycles. The third-order valence-corrected chi connectivity index (χ3v) is 6.45. The first-order valence-electron chi connectivity index (χ1n) is 11.8. The second kappa shape index (κ2) is 9.15. The first-order chi connectivity index (χ1) is 16.0. The van der Waals surface area contributed by atoms with Crippen molar-refractivity contribution in [1.29, 1.82) is 0 Å². The average molecular weight is 452 g/mol. The van der Waals surface area contributed by atoms with Gasteiger partial charge in [0.05, 0.1) is 35.0 Å². The average Bonchev–Trinajstić information content (AvgIpc) is 3.25. The van der Waals surface area contributed by atoms with E-state index in [1.165, 1.54) is 6.20 Å². The molecule has 1 fully saturated rings. The maximum absolute atomic E-state index is 15.8. The van der Waals surface area contributed by atoms with Crippen LogP contribution in [0.2, 0.25) is 0 Å². The monoisotopic (exact) mass is 451 g/mol. The second-order valence-corrected chi connectivity index (χ2v) is 9.34. The van der Waals surface area contributed by atoms with Crippen LogP contribution in [0.3, 0.4) is 0 Å². The van der Waals surface area contributed by atoms with Crippen LogP contribution in [0.1, 0.15) is 38.1 Å². The molecule has 0 aliphatic carbocycles. The van der Waals surface area contributed by atoms with Crippen LogP contribution in [0.4, 0.5) is 10.2 Å². The number of imidazole rings is 1. The SMILES string of the molecule is CC(C)Cc1c(-c2cnc3n2CCNC3)nc2cc(NC(=O)C3CCNCC3)ncc2c1F. The summed E-state index contributed by atoms with van der Waals surface area (Å²) in [5.41, 5.74) is 2.53. The topological polar surface area (TPSA) is 96.8 Å². The second-order valence-electron chi connectivity index (χ2n) is 9.34. The lowest BCUT2D eigenvalue weighted by Crippen LogP contribution is -2.34. The van der Waals surface area contributed by atoms with Gasteiger partial charge in [-0.15, -0.1) is 0 Å². The van der Waals surface area contributed by atoms with Crippen LogP contribution in [-0.2, 0) is 24.3 Å². The van der Waals surface area contributed by atoms with Gasteiger partial charge >= 0.3 is 0 Å². The fraction of sp³-hybridized carbons (Fsp3) is 0.500. The van der Waals surface area contributed by atoms with E-state index < -0.39 is 0 Å². The van der Waals surface area contributed by atoms with Gasteiger partial charge in [0.15, 0.2) is 0 Å². The molecule has 5 heterocycles. The van der Waals surface area contributed by atoms with E-state index in [-0.39, 0.29) is 23.6 Å². The molecule has 174 valence electrons. The quantitative estimate of drug-likeness (QED) is 0.552. The number of nitrogens with zero attached hydrogens (tertiary/aromatic N) is 4. The number of hydrogen-bond donors (Lipinski definition) is 3. The Morgan fingerprint density at radius 1 is 1.21 bits per heavy atom. The van der Waals surface area contributed by atoms with Gasteiger partial charge in [0, 0.05) is 36.8 Å². The highest BCUT2D eigenvalue weighted by Gasteiger charge is 2.24. The van der Waals surface area contributed by atoms with Crippen LogP contribution in [0.5, 0.6) is 0 Å². The Balaban J connectivity index is 1.56. The van der Waals surface area contributed by atoms with Gasteiger partial charge in [-0.05, 0) is 38.3 Å². The summed E-state index contributed by atoms with van der Waals surface area (Å²) in [5, 5.41) is 9.86. The minimum atomic E-state index is -0.295. The zero-order chi connectivity index (χ0) is 22.9. The summed E-state index contributed by atoms with van der Waals surface area (Å²) < 4.78 is 17.9. The molecule has 0 atom stereocenters. The fourth-order valence-corrected chi connectivity index (χ4v) is 4.73. The molecule has 33 heavy (non-hydrogen) atoms. The van der Waals surface area contributed by atoms with Crippen molar-refractivity contribution >= 4 is 22.6 Å². The van der Waals surface area contributed by atoms with E-state index in [0.717, 1.165) is 50.5 Å². The number of nitrogens with one attached hydrogen (secondary N) is 3. The number of carbonyl (C=O) groups excluding carboxylic acids is 1. The molecule has 0 aromatic carbocycles. The molecule has 9 heteroatoms. The van der Waals surface area contributed by atoms with Crippen LogP contribution in [0.25, 0.3) is 22.3 Å². The van der Waals surface area contributed by atoms with Crippen molar-refractivity contribution in [3.63, 3.8) is 0 Å². The van der Waals surface area contributed by atoms with Crippen molar-refractivity contribution < 1.29 is 9.18 Å². The predicted octanol–water partition coefficient (Wildman–Crippen LogP) is 2.87. The largest absolute Gasteiger partial charge is 0.324 e. The number of carbonyl (C=O) groups is 1. The van der Waals surface area contributed by atoms with Crippen LogP contribution < -0.4 is 16.0 Å². The van der Waals surface area contributed by atoms with Crippen molar-refractivity contribution in [3.8, 4) is 11.4 Å². The predicted molar refractivity (Wildman–Crippen MR) is 125 cm³/mol. The molecule has 1 amide bonds. The lowest BCUT2D eigenvalue weighted by molar-refractivity contribution is -0.120. The van der Waals surface area contributed by atoms with E-state index >= 15 is 4.39 Å². The molecule has 2 aliphatic heterocycles. The fourth-order valence-electron chi connectivity index (χ4n) is 4.73. The van der Waals surface area contributed by atoms with Crippen LogP contribution in [0, 0.1) is 17.7 Å². The summed E-state index contributed by atoms with van der Waals surface area (Å²) in [7, 11) is 0. The summed E-state index contributed by atoms with van der Waals surface area (Å²) >= 11 is 0. The third-order valence-electron chi connectivity index (χ3n) is 6.45. The normalized spacial score (nSPS) is 16.8. The molecule has 1 saturated heterocycles. The van der Waals surface area contributed by atoms with E-state index in [1.807, 2.05) is 0 Å². The molecule has 0 saturated carbocycles. The number of halogens is 1. The zero-order valence-electron chi connectivity index (χ0n) is 19.1. The zero-order valence-corrected chi connectivity index (χ0v) is 19.1.